The summed E-state index contributed by atoms with van der Waals surface area (Å²) in [6, 6.07) is 16.5. The SMILES string of the molecule is CN(C)c1ccc(NC(=O)c2cnc(Nc3ccc(C#N)cc3)nc2)cc1. The lowest BCUT2D eigenvalue weighted by molar-refractivity contribution is 0.102. The highest BCUT2D eigenvalue weighted by Gasteiger charge is 2.08. The molecule has 27 heavy (non-hydrogen) atoms. The van der Waals surface area contributed by atoms with Gasteiger partial charge in [-0.25, -0.2) is 9.97 Å². The summed E-state index contributed by atoms with van der Waals surface area (Å²) in [7, 11) is 3.91. The molecule has 134 valence electrons. The van der Waals surface area contributed by atoms with Crippen molar-refractivity contribution in [3.63, 3.8) is 0 Å². The minimum Gasteiger partial charge on any atom is -0.378 e. The standard InChI is InChI=1S/C20H18N6O/c1-26(2)18-9-7-16(8-10-18)24-19(27)15-12-22-20(23-13-15)25-17-5-3-14(11-21)4-6-17/h3-10,12-13H,1-2H3,(H,24,27)(H,22,23,25). The van der Waals surface area contributed by atoms with Gasteiger partial charge in [0.05, 0.1) is 17.2 Å². The predicted octanol–water partition coefficient (Wildman–Crippen LogP) is 3.41. The normalized spacial score (nSPS) is 9.96. The van der Waals surface area contributed by atoms with Crippen molar-refractivity contribution in [2.75, 3.05) is 29.6 Å². The molecule has 1 amide bonds. The topological polar surface area (TPSA) is 93.9 Å². The van der Waals surface area contributed by atoms with Crippen molar-refractivity contribution >= 4 is 28.9 Å². The molecule has 3 aromatic rings. The second kappa shape index (κ2) is 7.97. The van der Waals surface area contributed by atoms with Crippen LogP contribution in [0.1, 0.15) is 15.9 Å². The molecule has 0 radical (unpaired) electrons. The van der Waals surface area contributed by atoms with E-state index in [4.69, 9.17) is 5.26 Å². The molecule has 0 fully saturated rings. The Morgan fingerprint density at radius 2 is 1.56 bits per heavy atom. The van der Waals surface area contributed by atoms with E-state index in [1.807, 2.05) is 43.3 Å². The maximum Gasteiger partial charge on any atom is 0.258 e. The van der Waals surface area contributed by atoms with Gasteiger partial charge in [0.2, 0.25) is 5.95 Å². The zero-order valence-corrected chi connectivity index (χ0v) is 15.0. The Hall–Kier alpha value is -3.92. The zero-order valence-electron chi connectivity index (χ0n) is 15.0. The van der Waals surface area contributed by atoms with Gasteiger partial charge in [0.15, 0.2) is 0 Å². The largest absolute Gasteiger partial charge is 0.378 e. The van der Waals surface area contributed by atoms with Gasteiger partial charge in [-0.05, 0) is 48.5 Å². The fourth-order valence-electron chi connectivity index (χ4n) is 2.31. The number of anilines is 4. The fourth-order valence-corrected chi connectivity index (χ4v) is 2.31. The Balaban J connectivity index is 1.63. The van der Waals surface area contributed by atoms with Crippen molar-refractivity contribution in [2.24, 2.45) is 0 Å². The molecule has 0 unspecified atom stereocenters. The molecule has 0 aliphatic rings. The van der Waals surface area contributed by atoms with Gasteiger partial charge in [0.1, 0.15) is 0 Å². The number of rotatable bonds is 5. The van der Waals surface area contributed by atoms with Crippen LogP contribution in [0.4, 0.5) is 23.0 Å². The van der Waals surface area contributed by atoms with Gasteiger partial charge in [0.25, 0.3) is 5.91 Å². The summed E-state index contributed by atoms with van der Waals surface area (Å²) in [4.78, 5) is 22.6. The van der Waals surface area contributed by atoms with E-state index in [0.717, 1.165) is 11.4 Å². The maximum atomic E-state index is 12.3. The van der Waals surface area contributed by atoms with Crippen LogP contribution in [0.15, 0.2) is 60.9 Å². The summed E-state index contributed by atoms with van der Waals surface area (Å²) in [6.07, 6.45) is 2.92. The second-order valence-corrected chi connectivity index (χ2v) is 6.00. The average Bonchev–Trinajstić information content (AvgIpc) is 2.69. The number of amides is 1. The summed E-state index contributed by atoms with van der Waals surface area (Å²) < 4.78 is 0. The van der Waals surface area contributed by atoms with Crippen molar-refractivity contribution in [1.82, 2.24) is 9.97 Å². The summed E-state index contributed by atoms with van der Waals surface area (Å²) in [5.41, 5.74) is 3.44. The number of hydrogen-bond donors (Lipinski definition) is 2. The van der Waals surface area contributed by atoms with Crippen LogP contribution in [-0.2, 0) is 0 Å². The number of nitrogens with one attached hydrogen (secondary N) is 2. The Kier molecular flexibility index (Phi) is 5.28. The molecule has 0 saturated carbocycles. The number of benzene rings is 2. The first-order valence-corrected chi connectivity index (χ1v) is 8.23. The Morgan fingerprint density at radius 3 is 2.11 bits per heavy atom. The molecular weight excluding hydrogens is 340 g/mol. The fraction of sp³-hybridized carbons (Fsp3) is 0.100. The van der Waals surface area contributed by atoms with E-state index in [0.29, 0.717) is 22.8 Å². The molecule has 0 aliphatic heterocycles. The van der Waals surface area contributed by atoms with Gasteiger partial charge in [-0.3, -0.25) is 4.79 Å². The lowest BCUT2D eigenvalue weighted by Gasteiger charge is -2.13. The summed E-state index contributed by atoms with van der Waals surface area (Å²) in [5.74, 6) is 0.0871. The van der Waals surface area contributed by atoms with Gasteiger partial charge in [-0.1, -0.05) is 0 Å². The van der Waals surface area contributed by atoms with Crippen LogP contribution in [0.3, 0.4) is 0 Å². The van der Waals surface area contributed by atoms with Crippen LogP contribution >= 0.6 is 0 Å². The molecule has 0 saturated heterocycles. The molecule has 0 atom stereocenters. The smallest absolute Gasteiger partial charge is 0.258 e. The monoisotopic (exact) mass is 358 g/mol. The highest BCUT2D eigenvalue weighted by atomic mass is 16.1. The number of nitriles is 1. The van der Waals surface area contributed by atoms with E-state index in [1.165, 1.54) is 12.4 Å². The second-order valence-electron chi connectivity index (χ2n) is 6.00. The first kappa shape index (κ1) is 17.9. The van der Waals surface area contributed by atoms with E-state index in [-0.39, 0.29) is 5.91 Å². The number of aromatic nitrogens is 2. The van der Waals surface area contributed by atoms with Gasteiger partial charge in [0, 0.05) is 43.6 Å². The van der Waals surface area contributed by atoms with Gasteiger partial charge in [-0.15, -0.1) is 0 Å². The average molecular weight is 358 g/mol. The summed E-state index contributed by atoms with van der Waals surface area (Å²) in [5, 5.41) is 14.6. The predicted molar refractivity (Wildman–Crippen MR) is 105 cm³/mol. The molecule has 3 rings (SSSR count). The van der Waals surface area contributed by atoms with E-state index in [9.17, 15) is 4.79 Å². The summed E-state index contributed by atoms with van der Waals surface area (Å²) >= 11 is 0. The first-order valence-electron chi connectivity index (χ1n) is 8.23. The third-order valence-electron chi connectivity index (χ3n) is 3.83. The van der Waals surface area contributed by atoms with Crippen LogP contribution in [0.25, 0.3) is 0 Å². The van der Waals surface area contributed by atoms with Crippen LogP contribution in [-0.4, -0.2) is 30.0 Å². The van der Waals surface area contributed by atoms with Crippen molar-refractivity contribution in [3.05, 3.63) is 72.1 Å². The minimum atomic E-state index is -0.280. The molecule has 1 heterocycles. The van der Waals surface area contributed by atoms with E-state index < -0.39 is 0 Å². The van der Waals surface area contributed by atoms with E-state index >= 15 is 0 Å². The van der Waals surface area contributed by atoms with Crippen LogP contribution in [0.2, 0.25) is 0 Å². The van der Waals surface area contributed by atoms with Gasteiger partial charge in [-0.2, -0.15) is 5.26 Å². The third-order valence-corrected chi connectivity index (χ3v) is 3.83. The zero-order chi connectivity index (χ0) is 19.2. The van der Waals surface area contributed by atoms with Crippen LogP contribution < -0.4 is 15.5 Å². The van der Waals surface area contributed by atoms with E-state index in [2.05, 4.69) is 26.7 Å². The molecule has 1 aromatic heterocycles. The number of hydrogen-bond acceptors (Lipinski definition) is 6. The van der Waals surface area contributed by atoms with Crippen molar-refractivity contribution in [1.29, 1.82) is 5.26 Å². The first-order chi connectivity index (χ1) is 13.0. The van der Waals surface area contributed by atoms with Crippen LogP contribution in [0.5, 0.6) is 0 Å². The molecule has 7 heteroatoms. The molecule has 2 aromatic carbocycles. The quantitative estimate of drug-likeness (QED) is 0.726. The van der Waals surface area contributed by atoms with Gasteiger partial charge >= 0.3 is 0 Å². The highest BCUT2D eigenvalue weighted by Crippen LogP contribution is 2.17. The maximum absolute atomic E-state index is 12.3. The molecule has 7 nitrogen and oxygen atoms in total. The molecule has 0 aliphatic carbocycles. The summed E-state index contributed by atoms with van der Waals surface area (Å²) in [6.45, 7) is 0. The Morgan fingerprint density at radius 1 is 0.963 bits per heavy atom. The number of carbonyl (C=O) groups is 1. The molecule has 0 spiro atoms. The third kappa shape index (κ3) is 4.58. The van der Waals surface area contributed by atoms with Crippen molar-refractivity contribution in [3.8, 4) is 6.07 Å². The van der Waals surface area contributed by atoms with Gasteiger partial charge < -0.3 is 15.5 Å². The lowest BCUT2D eigenvalue weighted by atomic mass is 10.2. The Bertz CT molecular complexity index is 957. The van der Waals surface area contributed by atoms with Crippen molar-refractivity contribution in [2.45, 2.75) is 0 Å². The highest BCUT2D eigenvalue weighted by molar-refractivity contribution is 6.04. The molecular formula is C20H18N6O. The minimum absolute atomic E-state index is 0.280. The van der Waals surface area contributed by atoms with E-state index in [1.54, 1.807) is 24.3 Å². The Labute approximate surface area is 157 Å². The number of nitrogens with zero attached hydrogens (tertiary/aromatic N) is 4. The van der Waals surface area contributed by atoms with Crippen LogP contribution in [0, 0.1) is 11.3 Å². The van der Waals surface area contributed by atoms with Crippen molar-refractivity contribution < 1.29 is 4.79 Å². The lowest BCUT2D eigenvalue weighted by Crippen LogP contribution is -2.13. The molecule has 0 bridgehead atoms. The molecule has 2 N–H and O–H groups in total. The number of carbonyl (C=O) groups excluding carboxylic acids is 1.